The van der Waals surface area contributed by atoms with Crippen LogP contribution in [0.4, 0.5) is 0 Å². The Bertz CT molecular complexity index is 621. The third kappa shape index (κ3) is 3.04. The van der Waals surface area contributed by atoms with Crippen LogP contribution in [0.2, 0.25) is 0 Å². The van der Waals surface area contributed by atoms with Gasteiger partial charge in [-0.05, 0) is 18.4 Å². The highest BCUT2D eigenvalue weighted by molar-refractivity contribution is 5.91. The Balaban J connectivity index is 1.78. The Morgan fingerprint density at radius 2 is 2.41 bits per heavy atom. The minimum absolute atomic E-state index is 0.162. The van der Waals surface area contributed by atoms with Crippen LogP contribution in [0.25, 0.3) is 0 Å². The van der Waals surface area contributed by atoms with Crippen LogP contribution in [0, 0.1) is 5.92 Å². The third-order valence-corrected chi connectivity index (χ3v) is 3.66. The van der Waals surface area contributed by atoms with Crippen molar-refractivity contribution in [1.82, 2.24) is 20.3 Å². The van der Waals surface area contributed by atoms with Gasteiger partial charge in [-0.2, -0.15) is 5.10 Å². The summed E-state index contributed by atoms with van der Waals surface area (Å²) < 4.78 is 10.7. The number of carbonyl (C=O) groups is 1. The van der Waals surface area contributed by atoms with Gasteiger partial charge in [-0.15, -0.1) is 0 Å². The highest BCUT2D eigenvalue weighted by Crippen LogP contribution is 2.24. The molecular formula is C15H20N4O3. The van der Waals surface area contributed by atoms with Crippen LogP contribution in [-0.4, -0.2) is 45.9 Å². The molecule has 3 rings (SSSR count). The van der Waals surface area contributed by atoms with Crippen molar-refractivity contribution in [2.24, 2.45) is 5.92 Å². The summed E-state index contributed by atoms with van der Waals surface area (Å²) in [6.07, 6.45) is 2.46. The van der Waals surface area contributed by atoms with Gasteiger partial charge in [0.15, 0.2) is 0 Å². The summed E-state index contributed by atoms with van der Waals surface area (Å²) >= 11 is 0. The fraction of sp³-hybridized carbons (Fsp3) is 0.533. The zero-order valence-electron chi connectivity index (χ0n) is 12.8. The average molecular weight is 304 g/mol. The van der Waals surface area contributed by atoms with Crippen LogP contribution in [0.5, 0.6) is 0 Å². The molecule has 3 heterocycles. The lowest BCUT2D eigenvalue weighted by atomic mass is 10.1. The zero-order valence-corrected chi connectivity index (χ0v) is 12.8. The second-order valence-corrected chi connectivity index (χ2v) is 5.88. The van der Waals surface area contributed by atoms with Gasteiger partial charge >= 0.3 is 0 Å². The van der Waals surface area contributed by atoms with Crippen LogP contribution in [0.15, 0.2) is 22.9 Å². The van der Waals surface area contributed by atoms with Crippen molar-refractivity contribution in [3.8, 4) is 0 Å². The monoisotopic (exact) mass is 304 g/mol. The van der Waals surface area contributed by atoms with E-state index in [0.717, 1.165) is 17.8 Å². The summed E-state index contributed by atoms with van der Waals surface area (Å²) in [6.45, 7) is 5.69. The standard InChI is InChI=1S/C15H20N4O3/c1-10(2)7-11-8-14(22-18-11)15(20)19-5-6-21-9-13(19)12-3-4-16-17-12/h3-4,8,10,13H,5-7,9H2,1-2H3,(H,16,17). The van der Waals surface area contributed by atoms with Crippen molar-refractivity contribution < 1.29 is 14.1 Å². The molecule has 1 atom stereocenters. The van der Waals surface area contributed by atoms with Crippen molar-refractivity contribution in [2.45, 2.75) is 26.3 Å². The molecule has 7 heteroatoms. The minimum atomic E-state index is -0.178. The molecular weight excluding hydrogens is 284 g/mol. The van der Waals surface area contributed by atoms with Crippen molar-refractivity contribution in [1.29, 1.82) is 0 Å². The predicted molar refractivity (Wildman–Crippen MR) is 78.2 cm³/mol. The molecule has 0 aliphatic carbocycles. The maximum absolute atomic E-state index is 12.7. The number of hydrogen-bond acceptors (Lipinski definition) is 5. The number of aromatic amines is 1. The first-order chi connectivity index (χ1) is 10.6. The van der Waals surface area contributed by atoms with E-state index in [1.54, 1.807) is 17.2 Å². The minimum Gasteiger partial charge on any atom is -0.377 e. The maximum Gasteiger partial charge on any atom is 0.293 e. The Hall–Kier alpha value is -2.15. The lowest BCUT2D eigenvalue weighted by Gasteiger charge is -2.34. The molecule has 2 aromatic heterocycles. The molecule has 7 nitrogen and oxygen atoms in total. The Labute approximate surface area is 128 Å². The summed E-state index contributed by atoms with van der Waals surface area (Å²) in [5.41, 5.74) is 1.67. The predicted octanol–water partition coefficient (Wildman–Crippen LogP) is 1.81. The second kappa shape index (κ2) is 6.31. The fourth-order valence-electron chi connectivity index (χ4n) is 2.63. The van der Waals surface area contributed by atoms with Gasteiger partial charge in [0.2, 0.25) is 5.76 Å². The summed E-state index contributed by atoms with van der Waals surface area (Å²) in [7, 11) is 0. The normalized spacial score (nSPS) is 18.9. The van der Waals surface area contributed by atoms with Gasteiger partial charge in [-0.1, -0.05) is 19.0 Å². The van der Waals surface area contributed by atoms with Crippen molar-refractivity contribution in [2.75, 3.05) is 19.8 Å². The van der Waals surface area contributed by atoms with Crippen molar-refractivity contribution in [3.63, 3.8) is 0 Å². The molecule has 1 fully saturated rings. The first-order valence-electron chi connectivity index (χ1n) is 7.48. The summed E-state index contributed by atoms with van der Waals surface area (Å²) in [5, 5.41) is 10.8. The number of aromatic nitrogens is 3. The molecule has 1 N–H and O–H groups in total. The molecule has 0 saturated carbocycles. The first-order valence-corrected chi connectivity index (χ1v) is 7.48. The molecule has 1 saturated heterocycles. The molecule has 118 valence electrons. The number of ether oxygens (including phenoxy) is 1. The molecule has 2 aromatic rings. The van der Waals surface area contributed by atoms with Gasteiger partial charge in [0.05, 0.1) is 30.6 Å². The van der Waals surface area contributed by atoms with Crippen LogP contribution in [0.3, 0.4) is 0 Å². The molecule has 1 unspecified atom stereocenters. The Morgan fingerprint density at radius 3 is 3.14 bits per heavy atom. The van der Waals surface area contributed by atoms with Gasteiger partial charge in [0, 0.05) is 18.8 Å². The third-order valence-electron chi connectivity index (χ3n) is 3.66. The molecule has 0 bridgehead atoms. The first kappa shape index (κ1) is 14.8. The molecule has 22 heavy (non-hydrogen) atoms. The maximum atomic E-state index is 12.7. The van der Waals surface area contributed by atoms with E-state index in [2.05, 4.69) is 29.2 Å². The van der Waals surface area contributed by atoms with E-state index in [1.807, 2.05) is 6.07 Å². The average Bonchev–Trinajstić information content (AvgIpc) is 3.17. The smallest absolute Gasteiger partial charge is 0.293 e. The van der Waals surface area contributed by atoms with Gasteiger partial charge in [0.1, 0.15) is 0 Å². The molecule has 1 amide bonds. The number of rotatable bonds is 4. The van der Waals surface area contributed by atoms with E-state index < -0.39 is 0 Å². The van der Waals surface area contributed by atoms with Crippen molar-refractivity contribution in [3.05, 3.63) is 35.5 Å². The number of morpholine rings is 1. The van der Waals surface area contributed by atoms with Crippen LogP contribution < -0.4 is 0 Å². The molecule has 0 radical (unpaired) electrons. The SMILES string of the molecule is CC(C)Cc1cc(C(=O)N2CCOCC2c2ccn[nH]2)on1. The number of carbonyl (C=O) groups excluding carboxylic acids is 1. The van der Waals surface area contributed by atoms with Crippen LogP contribution in [0.1, 0.15) is 41.8 Å². The van der Waals surface area contributed by atoms with E-state index in [-0.39, 0.29) is 17.7 Å². The van der Waals surface area contributed by atoms with E-state index in [4.69, 9.17) is 9.26 Å². The fourth-order valence-corrected chi connectivity index (χ4v) is 2.63. The lowest BCUT2D eigenvalue weighted by molar-refractivity contribution is -0.00584. The van der Waals surface area contributed by atoms with Gasteiger partial charge in [-0.3, -0.25) is 9.89 Å². The second-order valence-electron chi connectivity index (χ2n) is 5.88. The largest absolute Gasteiger partial charge is 0.377 e. The van der Waals surface area contributed by atoms with E-state index in [9.17, 15) is 4.79 Å². The Kier molecular flexibility index (Phi) is 4.24. The highest BCUT2D eigenvalue weighted by atomic mass is 16.5. The molecule has 0 aromatic carbocycles. The van der Waals surface area contributed by atoms with E-state index >= 15 is 0 Å². The van der Waals surface area contributed by atoms with Gasteiger partial charge in [-0.25, -0.2) is 0 Å². The van der Waals surface area contributed by atoms with Gasteiger partial charge in [0.25, 0.3) is 5.91 Å². The topological polar surface area (TPSA) is 84.3 Å². The van der Waals surface area contributed by atoms with Crippen LogP contribution >= 0.6 is 0 Å². The van der Waals surface area contributed by atoms with Gasteiger partial charge < -0.3 is 14.2 Å². The zero-order chi connectivity index (χ0) is 15.5. The van der Waals surface area contributed by atoms with E-state index in [0.29, 0.717) is 25.7 Å². The highest BCUT2D eigenvalue weighted by Gasteiger charge is 2.32. The quantitative estimate of drug-likeness (QED) is 0.931. The Morgan fingerprint density at radius 1 is 1.55 bits per heavy atom. The van der Waals surface area contributed by atoms with E-state index in [1.165, 1.54) is 0 Å². The number of nitrogens with zero attached hydrogens (tertiary/aromatic N) is 3. The molecule has 1 aliphatic rings. The summed E-state index contributed by atoms with van der Waals surface area (Å²) in [4.78, 5) is 14.5. The molecule has 1 aliphatic heterocycles. The van der Waals surface area contributed by atoms with Crippen LogP contribution in [-0.2, 0) is 11.2 Å². The van der Waals surface area contributed by atoms with Crippen molar-refractivity contribution >= 4 is 5.91 Å². The number of hydrogen-bond donors (Lipinski definition) is 1. The molecule has 0 spiro atoms. The summed E-state index contributed by atoms with van der Waals surface area (Å²) in [6, 6.07) is 3.41. The number of H-pyrrole nitrogens is 1. The lowest BCUT2D eigenvalue weighted by Crippen LogP contribution is -2.43. The summed E-state index contributed by atoms with van der Waals surface area (Å²) in [5.74, 6) is 0.585. The number of amides is 1. The number of nitrogens with one attached hydrogen (secondary N) is 1.